The van der Waals surface area contributed by atoms with Gasteiger partial charge in [0.2, 0.25) is 0 Å². The highest BCUT2D eigenvalue weighted by molar-refractivity contribution is 7.12. The molecule has 1 saturated carbocycles. The van der Waals surface area contributed by atoms with Crippen LogP contribution in [0.5, 0.6) is 0 Å². The molecule has 0 amide bonds. The van der Waals surface area contributed by atoms with E-state index in [-0.39, 0.29) is 5.41 Å². The van der Waals surface area contributed by atoms with E-state index in [9.17, 15) is 0 Å². The van der Waals surface area contributed by atoms with Crippen LogP contribution < -0.4 is 5.73 Å². The predicted molar refractivity (Wildman–Crippen MR) is 76.6 cm³/mol. The van der Waals surface area contributed by atoms with E-state index in [0.717, 1.165) is 5.92 Å². The molecule has 1 nitrogen and oxygen atoms in total. The SMILES string of the molecule is Cc1ccc(C(C)(C)C2CCC(C)CC2N)s1. The second-order valence-corrected chi connectivity index (χ2v) is 7.61. The lowest BCUT2D eigenvalue weighted by molar-refractivity contribution is 0.173. The van der Waals surface area contributed by atoms with Crippen LogP contribution in [0.4, 0.5) is 0 Å². The maximum absolute atomic E-state index is 6.40. The lowest BCUT2D eigenvalue weighted by atomic mass is 9.66. The van der Waals surface area contributed by atoms with E-state index < -0.39 is 0 Å². The summed E-state index contributed by atoms with van der Waals surface area (Å²) in [6, 6.07) is 4.90. The topological polar surface area (TPSA) is 26.0 Å². The summed E-state index contributed by atoms with van der Waals surface area (Å²) in [4.78, 5) is 2.91. The second kappa shape index (κ2) is 4.74. The van der Waals surface area contributed by atoms with Crippen molar-refractivity contribution in [2.45, 2.75) is 58.4 Å². The zero-order chi connectivity index (χ0) is 12.6. The van der Waals surface area contributed by atoms with Crippen LogP contribution in [-0.2, 0) is 5.41 Å². The zero-order valence-electron chi connectivity index (χ0n) is 11.5. The Labute approximate surface area is 109 Å². The molecule has 2 heteroatoms. The second-order valence-electron chi connectivity index (χ2n) is 6.32. The Morgan fingerprint density at radius 2 is 2.00 bits per heavy atom. The van der Waals surface area contributed by atoms with Crippen molar-refractivity contribution in [1.29, 1.82) is 0 Å². The summed E-state index contributed by atoms with van der Waals surface area (Å²) in [5.74, 6) is 1.44. The van der Waals surface area contributed by atoms with Gasteiger partial charge >= 0.3 is 0 Å². The molecule has 0 saturated heterocycles. The average Bonchev–Trinajstić information content (AvgIpc) is 2.64. The molecule has 17 heavy (non-hydrogen) atoms. The van der Waals surface area contributed by atoms with E-state index in [2.05, 4.69) is 39.8 Å². The Balaban J connectivity index is 2.20. The van der Waals surface area contributed by atoms with Crippen LogP contribution in [0.3, 0.4) is 0 Å². The van der Waals surface area contributed by atoms with Crippen molar-refractivity contribution in [2.24, 2.45) is 17.6 Å². The molecule has 0 spiro atoms. The quantitative estimate of drug-likeness (QED) is 0.841. The lowest BCUT2D eigenvalue weighted by Crippen LogP contribution is -2.45. The van der Waals surface area contributed by atoms with Gasteiger partial charge in [-0.05, 0) is 43.7 Å². The first kappa shape index (κ1) is 13.1. The molecule has 2 N–H and O–H groups in total. The predicted octanol–water partition coefficient (Wildman–Crippen LogP) is 4.10. The number of aryl methyl sites for hydroxylation is 1. The van der Waals surface area contributed by atoms with Crippen molar-refractivity contribution in [2.75, 3.05) is 0 Å². The summed E-state index contributed by atoms with van der Waals surface area (Å²) >= 11 is 1.94. The van der Waals surface area contributed by atoms with Crippen molar-refractivity contribution < 1.29 is 0 Å². The molecule has 1 aromatic heterocycles. The molecular formula is C15H25NS. The highest BCUT2D eigenvalue weighted by Gasteiger charge is 2.38. The Kier molecular flexibility index (Phi) is 3.65. The summed E-state index contributed by atoms with van der Waals surface area (Å²) in [6.45, 7) is 9.27. The van der Waals surface area contributed by atoms with Gasteiger partial charge in [-0.3, -0.25) is 0 Å². The molecule has 1 aromatic rings. The van der Waals surface area contributed by atoms with Gasteiger partial charge in [0.15, 0.2) is 0 Å². The number of thiophene rings is 1. The Morgan fingerprint density at radius 1 is 1.29 bits per heavy atom. The van der Waals surface area contributed by atoms with Crippen molar-refractivity contribution in [3.05, 3.63) is 21.9 Å². The molecule has 0 bridgehead atoms. The van der Waals surface area contributed by atoms with Crippen LogP contribution >= 0.6 is 11.3 Å². The standard InChI is InChI=1S/C15H25NS/c1-10-5-7-12(13(16)9-10)15(3,4)14-8-6-11(2)17-14/h6,8,10,12-13H,5,7,9,16H2,1-4H3. The molecule has 1 heterocycles. The van der Waals surface area contributed by atoms with Crippen molar-refractivity contribution >= 4 is 11.3 Å². The maximum atomic E-state index is 6.40. The summed E-state index contributed by atoms with van der Waals surface area (Å²) < 4.78 is 0. The third-order valence-corrected chi connectivity index (χ3v) is 5.80. The minimum Gasteiger partial charge on any atom is -0.327 e. The van der Waals surface area contributed by atoms with Gasteiger partial charge < -0.3 is 5.73 Å². The van der Waals surface area contributed by atoms with E-state index in [1.807, 2.05) is 11.3 Å². The monoisotopic (exact) mass is 251 g/mol. The molecular weight excluding hydrogens is 226 g/mol. The molecule has 1 aliphatic rings. The molecule has 2 rings (SSSR count). The minimum absolute atomic E-state index is 0.235. The first-order valence-corrected chi connectivity index (χ1v) is 7.55. The molecule has 0 aliphatic heterocycles. The van der Waals surface area contributed by atoms with Crippen molar-refractivity contribution in [3.8, 4) is 0 Å². The fourth-order valence-corrected chi connectivity index (χ4v) is 4.32. The number of rotatable bonds is 2. The van der Waals surface area contributed by atoms with E-state index in [1.54, 1.807) is 0 Å². The Morgan fingerprint density at radius 3 is 2.53 bits per heavy atom. The molecule has 3 unspecified atom stereocenters. The highest BCUT2D eigenvalue weighted by Crippen LogP contribution is 2.43. The average molecular weight is 251 g/mol. The van der Waals surface area contributed by atoms with Crippen LogP contribution in [0, 0.1) is 18.8 Å². The Hall–Kier alpha value is -0.340. The molecule has 0 radical (unpaired) electrons. The summed E-state index contributed by atoms with van der Waals surface area (Å²) in [5.41, 5.74) is 6.64. The highest BCUT2D eigenvalue weighted by atomic mass is 32.1. The number of hydrogen-bond donors (Lipinski definition) is 1. The largest absolute Gasteiger partial charge is 0.327 e. The van der Waals surface area contributed by atoms with Crippen LogP contribution in [-0.4, -0.2) is 6.04 Å². The van der Waals surface area contributed by atoms with Gasteiger partial charge in [-0.2, -0.15) is 0 Å². The first-order chi connectivity index (χ1) is 7.91. The summed E-state index contributed by atoms with van der Waals surface area (Å²) in [6.07, 6.45) is 3.82. The van der Waals surface area contributed by atoms with Gasteiger partial charge in [0.25, 0.3) is 0 Å². The molecule has 1 fully saturated rings. The summed E-state index contributed by atoms with van der Waals surface area (Å²) in [5, 5.41) is 0. The fraction of sp³-hybridized carbons (Fsp3) is 0.733. The third kappa shape index (κ3) is 2.58. The van der Waals surface area contributed by atoms with E-state index in [0.29, 0.717) is 12.0 Å². The van der Waals surface area contributed by atoms with Gasteiger partial charge in [0.05, 0.1) is 0 Å². The van der Waals surface area contributed by atoms with Crippen LogP contribution in [0.2, 0.25) is 0 Å². The molecule has 0 aromatic carbocycles. The minimum atomic E-state index is 0.235. The third-order valence-electron chi connectivity index (χ3n) is 4.46. The van der Waals surface area contributed by atoms with Crippen LogP contribution in [0.15, 0.2) is 12.1 Å². The molecule has 1 aliphatic carbocycles. The normalized spacial score (nSPS) is 30.5. The molecule has 96 valence electrons. The van der Waals surface area contributed by atoms with E-state index in [4.69, 9.17) is 5.73 Å². The lowest BCUT2D eigenvalue weighted by Gasteiger charge is -2.42. The molecule has 3 atom stereocenters. The van der Waals surface area contributed by atoms with Gasteiger partial charge in [0, 0.05) is 21.2 Å². The maximum Gasteiger partial charge on any atom is 0.0108 e. The van der Waals surface area contributed by atoms with Gasteiger partial charge in [0.1, 0.15) is 0 Å². The van der Waals surface area contributed by atoms with Gasteiger partial charge in [-0.1, -0.05) is 27.2 Å². The zero-order valence-corrected chi connectivity index (χ0v) is 12.3. The van der Waals surface area contributed by atoms with Crippen molar-refractivity contribution in [1.82, 2.24) is 0 Å². The fourth-order valence-electron chi connectivity index (χ4n) is 3.28. The van der Waals surface area contributed by atoms with Crippen LogP contribution in [0.25, 0.3) is 0 Å². The number of hydrogen-bond acceptors (Lipinski definition) is 2. The smallest absolute Gasteiger partial charge is 0.0108 e. The van der Waals surface area contributed by atoms with Crippen LogP contribution in [0.1, 0.15) is 49.8 Å². The number of nitrogens with two attached hydrogens (primary N) is 1. The van der Waals surface area contributed by atoms with Gasteiger partial charge in [-0.15, -0.1) is 11.3 Å². The van der Waals surface area contributed by atoms with E-state index in [1.165, 1.54) is 29.0 Å². The van der Waals surface area contributed by atoms with E-state index >= 15 is 0 Å². The summed E-state index contributed by atoms with van der Waals surface area (Å²) in [7, 11) is 0. The first-order valence-electron chi connectivity index (χ1n) is 6.73. The van der Waals surface area contributed by atoms with Crippen molar-refractivity contribution in [3.63, 3.8) is 0 Å². The Bertz CT molecular complexity index is 380. The van der Waals surface area contributed by atoms with Gasteiger partial charge in [-0.25, -0.2) is 0 Å².